The Kier molecular flexibility index (Phi) is 4.47. The molecule has 2 atom stereocenters. The van der Waals surface area contributed by atoms with Crippen molar-refractivity contribution in [2.24, 2.45) is 11.7 Å². The average molecular weight is 292 g/mol. The fourth-order valence-corrected chi connectivity index (χ4v) is 2.43. The molecule has 114 valence electrons. The van der Waals surface area contributed by atoms with Gasteiger partial charge in [0.2, 0.25) is 11.8 Å². The van der Waals surface area contributed by atoms with E-state index in [1.165, 1.54) is 4.90 Å². The predicted molar refractivity (Wildman–Crippen MR) is 77.0 cm³/mol. The van der Waals surface area contributed by atoms with Crippen LogP contribution in [0.2, 0.25) is 0 Å². The molecule has 0 saturated carbocycles. The molecular weight excluding hydrogens is 272 g/mol. The summed E-state index contributed by atoms with van der Waals surface area (Å²) in [5.41, 5.74) is 6.90. The van der Waals surface area contributed by atoms with Crippen molar-refractivity contribution in [3.05, 3.63) is 23.8 Å². The van der Waals surface area contributed by atoms with Crippen molar-refractivity contribution in [3.63, 3.8) is 0 Å². The smallest absolute Gasteiger partial charge is 0.232 e. The van der Waals surface area contributed by atoms with E-state index in [-0.39, 0.29) is 30.7 Å². The average Bonchev–Trinajstić information content (AvgIpc) is 2.72. The van der Waals surface area contributed by atoms with Crippen LogP contribution in [-0.2, 0) is 9.59 Å². The van der Waals surface area contributed by atoms with Gasteiger partial charge in [0, 0.05) is 24.9 Å². The van der Waals surface area contributed by atoms with Crippen LogP contribution in [0.15, 0.2) is 18.2 Å². The molecule has 1 fully saturated rings. The van der Waals surface area contributed by atoms with Crippen LogP contribution in [0, 0.1) is 5.92 Å². The SMILES string of the molecule is COc1ccc(C(N)CN2C(=O)CC(C)C2=O)cc1OC. The second kappa shape index (κ2) is 6.13. The van der Waals surface area contributed by atoms with E-state index in [9.17, 15) is 9.59 Å². The lowest BCUT2D eigenvalue weighted by Crippen LogP contribution is -2.36. The standard InChI is InChI=1S/C15H20N2O4/c1-9-6-14(18)17(15(9)19)8-11(16)10-4-5-12(20-2)13(7-10)21-3/h4-5,7,9,11H,6,8,16H2,1-3H3. The van der Waals surface area contributed by atoms with Crippen molar-refractivity contribution in [2.75, 3.05) is 20.8 Å². The third kappa shape index (κ3) is 3.00. The lowest BCUT2D eigenvalue weighted by atomic mass is 10.1. The first-order valence-corrected chi connectivity index (χ1v) is 6.79. The normalized spacial score (nSPS) is 19.8. The molecule has 1 aliphatic rings. The lowest BCUT2D eigenvalue weighted by molar-refractivity contribution is -0.139. The molecule has 0 aromatic heterocycles. The van der Waals surface area contributed by atoms with Crippen LogP contribution in [0.1, 0.15) is 24.9 Å². The third-order valence-electron chi connectivity index (χ3n) is 3.68. The number of nitrogens with two attached hydrogens (primary N) is 1. The van der Waals surface area contributed by atoms with Crippen LogP contribution in [0.5, 0.6) is 11.5 Å². The molecule has 1 aliphatic heterocycles. The van der Waals surface area contributed by atoms with E-state index >= 15 is 0 Å². The Bertz CT molecular complexity index is 559. The molecule has 0 spiro atoms. The first kappa shape index (κ1) is 15.3. The second-order valence-electron chi connectivity index (χ2n) is 5.17. The monoisotopic (exact) mass is 292 g/mol. The number of methoxy groups -OCH3 is 2. The summed E-state index contributed by atoms with van der Waals surface area (Å²) in [6.45, 7) is 1.93. The van der Waals surface area contributed by atoms with Gasteiger partial charge < -0.3 is 15.2 Å². The van der Waals surface area contributed by atoms with E-state index in [1.807, 2.05) is 0 Å². The Morgan fingerprint density at radius 1 is 1.29 bits per heavy atom. The maximum atomic E-state index is 11.9. The molecule has 1 saturated heterocycles. The molecule has 6 nitrogen and oxygen atoms in total. The highest BCUT2D eigenvalue weighted by Gasteiger charge is 2.36. The van der Waals surface area contributed by atoms with Gasteiger partial charge in [0.25, 0.3) is 0 Å². The fourth-order valence-electron chi connectivity index (χ4n) is 2.43. The Balaban J connectivity index is 2.15. The van der Waals surface area contributed by atoms with E-state index in [4.69, 9.17) is 15.2 Å². The van der Waals surface area contributed by atoms with Gasteiger partial charge in [-0.25, -0.2) is 0 Å². The summed E-state index contributed by atoms with van der Waals surface area (Å²) in [6.07, 6.45) is 0.261. The van der Waals surface area contributed by atoms with E-state index in [0.717, 1.165) is 5.56 Å². The summed E-state index contributed by atoms with van der Waals surface area (Å²) in [5, 5.41) is 0. The Labute approximate surface area is 123 Å². The molecule has 1 heterocycles. The van der Waals surface area contributed by atoms with Gasteiger partial charge in [-0.1, -0.05) is 13.0 Å². The molecule has 0 bridgehead atoms. The maximum absolute atomic E-state index is 11.9. The zero-order valence-corrected chi connectivity index (χ0v) is 12.5. The van der Waals surface area contributed by atoms with Crippen molar-refractivity contribution in [1.82, 2.24) is 4.90 Å². The van der Waals surface area contributed by atoms with Gasteiger partial charge in [-0.2, -0.15) is 0 Å². The number of hydrogen-bond donors (Lipinski definition) is 1. The molecule has 0 radical (unpaired) electrons. The zero-order valence-electron chi connectivity index (χ0n) is 12.5. The summed E-state index contributed by atoms with van der Waals surface area (Å²) in [4.78, 5) is 24.9. The van der Waals surface area contributed by atoms with Gasteiger partial charge in [-0.15, -0.1) is 0 Å². The number of carbonyl (C=O) groups excluding carboxylic acids is 2. The van der Waals surface area contributed by atoms with Gasteiger partial charge >= 0.3 is 0 Å². The number of rotatable bonds is 5. The number of benzene rings is 1. The minimum absolute atomic E-state index is 0.157. The number of hydrogen-bond acceptors (Lipinski definition) is 5. The van der Waals surface area contributed by atoms with Crippen molar-refractivity contribution in [3.8, 4) is 11.5 Å². The van der Waals surface area contributed by atoms with Crippen LogP contribution >= 0.6 is 0 Å². The molecule has 21 heavy (non-hydrogen) atoms. The van der Waals surface area contributed by atoms with Crippen molar-refractivity contribution in [2.45, 2.75) is 19.4 Å². The number of nitrogens with zero attached hydrogens (tertiary/aromatic N) is 1. The number of ether oxygens (including phenoxy) is 2. The highest BCUT2D eigenvalue weighted by atomic mass is 16.5. The number of likely N-dealkylation sites (tertiary alicyclic amines) is 1. The topological polar surface area (TPSA) is 81.9 Å². The number of amides is 2. The first-order chi connectivity index (χ1) is 9.97. The molecular formula is C15H20N2O4. The Hall–Kier alpha value is -2.08. The number of carbonyl (C=O) groups is 2. The molecule has 2 rings (SSSR count). The fraction of sp³-hybridized carbons (Fsp3) is 0.467. The van der Waals surface area contributed by atoms with Crippen molar-refractivity contribution < 1.29 is 19.1 Å². The third-order valence-corrected chi connectivity index (χ3v) is 3.68. The Morgan fingerprint density at radius 3 is 2.48 bits per heavy atom. The van der Waals surface area contributed by atoms with Gasteiger partial charge in [-0.3, -0.25) is 14.5 Å². The van der Waals surface area contributed by atoms with Gasteiger partial charge in [0.15, 0.2) is 11.5 Å². The van der Waals surface area contributed by atoms with E-state index in [0.29, 0.717) is 11.5 Å². The second-order valence-corrected chi connectivity index (χ2v) is 5.17. The maximum Gasteiger partial charge on any atom is 0.232 e. The summed E-state index contributed by atoms with van der Waals surface area (Å²) in [5.74, 6) is 0.600. The van der Waals surface area contributed by atoms with E-state index in [2.05, 4.69) is 0 Å². The zero-order chi connectivity index (χ0) is 15.6. The summed E-state index contributed by atoms with van der Waals surface area (Å²) in [6, 6.07) is 4.87. The minimum atomic E-state index is -0.456. The quantitative estimate of drug-likeness (QED) is 0.822. The van der Waals surface area contributed by atoms with Gasteiger partial charge in [-0.05, 0) is 17.7 Å². The first-order valence-electron chi connectivity index (χ1n) is 6.79. The molecule has 6 heteroatoms. The predicted octanol–water partition coefficient (Wildman–Crippen LogP) is 1.10. The highest BCUT2D eigenvalue weighted by molar-refractivity contribution is 6.03. The van der Waals surface area contributed by atoms with Crippen LogP contribution in [0.25, 0.3) is 0 Å². The van der Waals surface area contributed by atoms with Crippen LogP contribution < -0.4 is 15.2 Å². The molecule has 1 aromatic carbocycles. The lowest BCUT2D eigenvalue weighted by Gasteiger charge is -2.20. The van der Waals surface area contributed by atoms with Gasteiger partial charge in [0.05, 0.1) is 14.2 Å². The molecule has 1 aromatic rings. The summed E-state index contributed by atoms with van der Waals surface area (Å²) < 4.78 is 10.4. The van der Waals surface area contributed by atoms with Crippen molar-refractivity contribution in [1.29, 1.82) is 0 Å². The number of imide groups is 1. The van der Waals surface area contributed by atoms with Crippen LogP contribution in [-0.4, -0.2) is 37.5 Å². The minimum Gasteiger partial charge on any atom is -0.493 e. The van der Waals surface area contributed by atoms with Crippen LogP contribution in [0.4, 0.5) is 0 Å². The van der Waals surface area contributed by atoms with E-state index in [1.54, 1.807) is 39.3 Å². The summed E-state index contributed by atoms with van der Waals surface area (Å²) in [7, 11) is 3.10. The largest absolute Gasteiger partial charge is 0.493 e. The molecule has 2 unspecified atom stereocenters. The molecule has 2 amide bonds. The molecule has 2 N–H and O–H groups in total. The highest BCUT2D eigenvalue weighted by Crippen LogP contribution is 2.30. The van der Waals surface area contributed by atoms with Crippen molar-refractivity contribution >= 4 is 11.8 Å². The summed E-state index contributed by atoms with van der Waals surface area (Å²) >= 11 is 0. The van der Waals surface area contributed by atoms with Crippen LogP contribution in [0.3, 0.4) is 0 Å². The molecule has 0 aliphatic carbocycles. The van der Waals surface area contributed by atoms with E-state index < -0.39 is 6.04 Å². The Morgan fingerprint density at radius 2 is 1.95 bits per heavy atom. The van der Waals surface area contributed by atoms with Gasteiger partial charge in [0.1, 0.15) is 0 Å².